The Hall–Kier alpha value is -2.87. The fourth-order valence-electron chi connectivity index (χ4n) is 4.88. The van der Waals surface area contributed by atoms with Crippen LogP contribution < -0.4 is 15.4 Å². The van der Waals surface area contributed by atoms with Crippen LogP contribution in [-0.2, 0) is 11.3 Å². The number of nitrogens with zero attached hydrogens (tertiary/aromatic N) is 3. The summed E-state index contributed by atoms with van der Waals surface area (Å²) in [5.41, 5.74) is 4.69. The van der Waals surface area contributed by atoms with Gasteiger partial charge < -0.3 is 25.2 Å². The molecule has 0 amide bonds. The van der Waals surface area contributed by atoms with E-state index in [0.29, 0.717) is 31.0 Å². The van der Waals surface area contributed by atoms with Crippen molar-refractivity contribution >= 4 is 23.6 Å². The third-order valence-corrected chi connectivity index (χ3v) is 6.91. The normalized spacial score (nSPS) is 21.5. The maximum atomic E-state index is 9.59. The van der Waals surface area contributed by atoms with E-state index in [0.717, 1.165) is 71.4 Å². The molecule has 2 saturated carbocycles. The summed E-state index contributed by atoms with van der Waals surface area (Å²) < 4.78 is 12.0. The van der Waals surface area contributed by atoms with E-state index in [1.807, 2.05) is 20.8 Å². The number of nitrogens with one attached hydrogen (secondary N) is 2. The molecule has 2 atom stereocenters. The molecule has 3 aliphatic rings. The fraction of sp³-hybridized carbons (Fsp3) is 0.577. The standard InChI is InChI=1S/C26H35N5O3/c1-4-33-25-21-14-34-22(11-19(21)9-15(2)28-25)23-16(3)29-26(27-12-17-5-6-17)31-24(23)30-20-8-7-18(10-20)13-32/h9,11,17-18,20,32H,4-8,10,12-14H2,1-3H3,(H2,27,29,30,31). The molecular formula is C26H35N5O3. The molecule has 34 heavy (non-hydrogen) atoms. The highest BCUT2D eigenvalue weighted by Crippen LogP contribution is 2.38. The van der Waals surface area contributed by atoms with Crippen LogP contribution >= 0.6 is 0 Å². The van der Waals surface area contributed by atoms with Crippen molar-refractivity contribution in [2.24, 2.45) is 11.8 Å². The minimum Gasteiger partial charge on any atom is -0.488 e. The average molecular weight is 466 g/mol. The zero-order chi connectivity index (χ0) is 23.7. The monoisotopic (exact) mass is 465 g/mol. The van der Waals surface area contributed by atoms with Crippen molar-refractivity contribution in [2.75, 3.05) is 30.4 Å². The number of hydrogen-bond donors (Lipinski definition) is 3. The molecule has 2 fully saturated rings. The lowest BCUT2D eigenvalue weighted by atomic mass is 10.0. The van der Waals surface area contributed by atoms with Crippen molar-refractivity contribution in [1.82, 2.24) is 15.0 Å². The van der Waals surface area contributed by atoms with E-state index >= 15 is 0 Å². The Morgan fingerprint density at radius 3 is 2.68 bits per heavy atom. The predicted octanol–water partition coefficient (Wildman–Crippen LogP) is 4.31. The van der Waals surface area contributed by atoms with Crippen molar-refractivity contribution < 1.29 is 14.6 Å². The maximum absolute atomic E-state index is 9.59. The summed E-state index contributed by atoms with van der Waals surface area (Å²) >= 11 is 0. The van der Waals surface area contributed by atoms with Crippen LogP contribution in [0.3, 0.4) is 0 Å². The molecule has 1 aliphatic heterocycles. The van der Waals surface area contributed by atoms with Crippen molar-refractivity contribution in [3.05, 3.63) is 34.1 Å². The minimum atomic E-state index is 0.239. The van der Waals surface area contributed by atoms with E-state index in [9.17, 15) is 5.11 Å². The van der Waals surface area contributed by atoms with Crippen LogP contribution in [-0.4, -0.2) is 45.9 Å². The van der Waals surface area contributed by atoms with Gasteiger partial charge in [0.05, 0.1) is 23.4 Å². The zero-order valence-corrected chi connectivity index (χ0v) is 20.4. The number of ether oxygens (including phenoxy) is 2. The number of aryl methyl sites for hydroxylation is 2. The zero-order valence-electron chi connectivity index (χ0n) is 20.4. The van der Waals surface area contributed by atoms with Gasteiger partial charge in [-0.05, 0) is 82.4 Å². The summed E-state index contributed by atoms with van der Waals surface area (Å²) in [6.45, 7) is 8.05. The number of rotatable bonds is 9. The first-order valence-corrected chi connectivity index (χ1v) is 12.5. The lowest BCUT2D eigenvalue weighted by Gasteiger charge is -2.24. The fourth-order valence-corrected chi connectivity index (χ4v) is 4.88. The first-order valence-electron chi connectivity index (χ1n) is 12.5. The third-order valence-electron chi connectivity index (χ3n) is 6.91. The van der Waals surface area contributed by atoms with Gasteiger partial charge in [-0.3, -0.25) is 0 Å². The van der Waals surface area contributed by atoms with Crippen molar-refractivity contribution in [1.29, 1.82) is 0 Å². The minimum absolute atomic E-state index is 0.239. The molecule has 0 bridgehead atoms. The highest BCUT2D eigenvalue weighted by atomic mass is 16.5. The van der Waals surface area contributed by atoms with E-state index in [1.54, 1.807) is 0 Å². The molecule has 2 aromatic rings. The molecule has 8 nitrogen and oxygen atoms in total. The molecule has 2 aromatic heterocycles. The molecule has 182 valence electrons. The van der Waals surface area contributed by atoms with Crippen LogP contribution in [0.1, 0.15) is 67.1 Å². The van der Waals surface area contributed by atoms with E-state index in [4.69, 9.17) is 19.4 Å². The second kappa shape index (κ2) is 9.78. The molecule has 2 aliphatic carbocycles. The van der Waals surface area contributed by atoms with Crippen LogP contribution in [0.4, 0.5) is 11.8 Å². The second-order valence-corrected chi connectivity index (χ2v) is 9.75. The largest absolute Gasteiger partial charge is 0.488 e. The molecule has 3 N–H and O–H groups in total. The van der Waals surface area contributed by atoms with Crippen LogP contribution in [0.5, 0.6) is 5.88 Å². The predicted molar refractivity (Wildman–Crippen MR) is 133 cm³/mol. The summed E-state index contributed by atoms with van der Waals surface area (Å²) in [5, 5.41) is 16.7. The smallest absolute Gasteiger partial charge is 0.224 e. The van der Waals surface area contributed by atoms with Gasteiger partial charge in [-0.1, -0.05) is 0 Å². The van der Waals surface area contributed by atoms with Gasteiger partial charge in [0.25, 0.3) is 0 Å². The second-order valence-electron chi connectivity index (χ2n) is 9.75. The Labute approximate surface area is 201 Å². The van der Waals surface area contributed by atoms with Gasteiger partial charge in [0.2, 0.25) is 11.8 Å². The first-order chi connectivity index (χ1) is 16.5. The third kappa shape index (κ3) is 4.97. The van der Waals surface area contributed by atoms with E-state index < -0.39 is 0 Å². The SMILES string of the molecule is CCOc1nc(C)cc2c1COC(c1c(C)nc(NCC3CC3)nc1NC1CCC(CO)C1)=C2. The van der Waals surface area contributed by atoms with Gasteiger partial charge in [0.15, 0.2) is 0 Å². The van der Waals surface area contributed by atoms with Gasteiger partial charge in [0.1, 0.15) is 18.2 Å². The van der Waals surface area contributed by atoms with Crippen molar-refractivity contribution in [3.63, 3.8) is 0 Å². The van der Waals surface area contributed by atoms with Crippen LogP contribution in [0, 0.1) is 25.7 Å². The Morgan fingerprint density at radius 2 is 1.94 bits per heavy atom. The number of hydrogen-bond acceptors (Lipinski definition) is 8. The molecule has 0 aromatic carbocycles. The van der Waals surface area contributed by atoms with Gasteiger partial charge in [-0.15, -0.1) is 0 Å². The topological polar surface area (TPSA) is 101 Å². The summed E-state index contributed by atoms with van der Waals surface area (Å²) in [7, 11) is 0. The molecular weight excluding hydrogens is 430 g/mol. The van der Waals surface area contributed by atoms with Crippen molar-refractivity contribution in [3.8, 4) is 5.88 Å². The lowest BCUT2D eigenvalue weighted by molar-refractivity contribution is 0.229. The Bertz CT molecular complexity index is 1080. The summed E-state index contributed by atoms with van der Waals surface area (Å²) in [4.78, 5) is 14.2. The van der Waals surface area contributed by atoms with Crippen molar-refractivity contribution in [2.45, 2.75) is 65.5 Å². The first kappa shape index (κ1) is 22.9. The van der Waals surface area contributed by atoms with Crippen LogP contribution in [0.25, 0.3) is 11.8 Å². The molecule has 8 heteroatoms. The Kier molecular flexibility index (Phi) is 6.59. The molecule has 3 heterocycles. The molecule has 0 saturated heterocycles. The number of anilines is 2. The van der Waals surface area contributed by atoms with E-state index in [-0.39, 0.29) is 12.6 Å². The van der Waals surface area contributed by atoms with Gasteiger partial charge >= 0.3 is 0 Å². The van der Waals surface area contributed by atoms with E-state index in [2.05, 4.69) is 27.8 Å². The summed E-state index contributed by atoms with van der Waals surface area (Å²) in [6.07, 6.45) is 7.59. The van der Waals surface area contributed by atoms with Gasteiger partial charge in [0, 0.05) is 24.9 Å². The van der Waals surface area contributed by atoms with Gasteiger partial charge in [-0.2, -0.15) is 4.98 Å². The lowest BCUT2D eigenvalue weighted by Crippen LogP contribution is -2.21. The van der Waals surface area contributed by atoms with Crippen LogP contribution in [0.15, 0.2) is 6.07 Å². The highest BCUT2D eigenvalue weighted by molar-refractivity contribution is 5.85. The maximum Gasteiger partial charge on any atom is 0.224 e. The molecule has 0 radical (unpaired) electrons. The van der Waals surface area contributed by atoms with Gasteiger partial charge in [-0.25, -0.2) is 9.97 Å². The number of aliphatic hydroxyl groups excluding tert-OH is 1. The summed E-state index contributed by atoms with van der Waals surface area (Å²) in [5.74, 6) is 3.92. The number of aromatic nitrogens is 3. The highest BCUT2D eigenvalue weighted by Gasteiger charge is 2.28. The van der Waals surface area contributed by atoms with Crippen LogP contribution in [0.2, 0.25) is 0 Å². The Morgan fingerprint density at radius 1 is 1.12 bits per heavy atom. The average Bonchev–Trinajstić information content (AvgIpc) is 3.54. The quantitative estimate of drug-likeness (QED) is 0.504. The molecule has 0 spiro atoms. The molecule has 5 rings (SSSR count). The van der Waals surface area contributed by atoms with E-state index in [1.165, 1.54) is 12.8 Å². The Balaban J connectivity index is 1.50. The number of aliphatic hydroxyl groups is 1. The summed E-state index contributed by atoms with van der Waals surface area (Å²) in [6, 6.07) is 2.34. The number of pyridine rings is 1. The number of fused-ring (bicyclic) bond motifs is 1. The molecule has 2 unspecified atom stereocenters.